The van der Waals surface area contributed by atoms with Crippen LogP contribution in [-0.2, 0) is 6.54 Å². The van der Waals surface area contributed by atoms with E-state index in [2.05, 4.69) is 31.2 Å². The number of rotatable bonds is 6. The second-order valence-electron chi connectivity index (χ2n) is 9.60. The van der Waals surface area contributed by atoms with Crippen LogP contribution >= 0.6 is 0 Å². The van der Waals surface area contributed by atoms with E-state index in [0.29, 0.717) is 5.69 Å². The maximum Gasteiger partial charge on any atom is 0.255 e. The summed E-state index contributed by atoms with van der Waals surface area (Å²) in [4.78, 5) is 31.0. The maximum atomic E-state index is 13.4. The number of anilines is 2. The smallest absolute Gasteiger partial charge is 0.255 e. The molecular formula is C31H27FN6O. The zero-order chi connectivity index (χ0) is 26.6. The zero-order valence-corrected chi connectivity index (χ0v) is 21.3. The van der Waals surface area contributed by atoms with Crippen molar-refractivity contribution >= 4 is 28.4 Å². The van der Waals surface area contributed by atoms with Gasteiger partial charge >= 0.3 is 0 Å². The molecule has 0 unspecified atom stereocenters. The Bertz CT molecular complexity index is 1600. The average molecular weight is 519 g/mol. The number of halogens is 1. The van der Waals surface area contributed by atoms with E-state index in [-0.39, 0.29) is 11.5 Å². The Balaban J connectivity index is 1.13. The highest BCUT2D eigenvalue weighted by molar-refractivity contribution is 6.04. The number of amides is 1. The number of carbonyl (C=O) groups is 1. The van der Waals surface area contributed by atoms with Crippen LogP contribution in [-0.4, -0.2) is 51.9 Å². The minimum absolute atomic E-state index is 0.276. The van der Waals surface area contributed by atoms with Crippen LogP contribution in [0.3, 0.4) is 0 Å². The van der Waals surface area contributed by atoms with Gasteiger partial charge in [-0.2, -0.15) is 0 Å². The zero-order valence-electron chi connectivity index (χ0n) is 21.3. The van der Waals surface area contributed by atoms with Gasteiger partial charge in [-0.25, -0.2) is 9.37 Å². The van der Waals surface area contributed by atoms with Crippen LogP contribution in [0.1, 0.15) is 15.9 Å². The van der Waals surface area contributed by atoms with Crippen molar-refractivity contribution in [2.45, 2.75) is 6.54 Å². The fourth-order valence-corrected chi connectivity index (χ4v) is 4.80. The number of piperazine rings is 1. The Morgan fingerprint density at radius 3 is 2.44 bits per heavy atom. The highest BCUT2D eigenvalue weighted by Gasteiger charge is 2.19. The van der Waals surface area contributed by atoms with E-state index in [1.807, 2.05) is 60.9 Å². The first-order valence-electron chi connectivity index (χ1n) is 12.9. The lowest BCUT2D eigenvalue weighted by Gasteiger charge is -2.35. The minimum Gasteiger partial charge on any atom is -0.353 e. The summed E-state index contributed by atoms with van der Waals surface area (Å²) < 4.78 is 13.4. The van der Waals surface area contributed by atoms with Gasteiger partial charge in [0.1, 0.15) is 11.6 Å². The van der Waals surface area contributed by atoms with Gasteiger partial charge in [0.25, 0.3) is 5.91 Å². The van der Waals surface area contributed by atoms with Crippen LogP contribution in [0.25, 0.3) is 22.2 Å². The van der Waals surface area contributed by atoms with Gasteiger partial charge in [0.2, 0.25) is 0 Å². The quantitative estimate of drug-likeness (QED) is 0.324. The molecule has 0 saturated carbocycles. The van der Waals surface area contributed by atoms with E-state index < -0.39 is 5.82 Å². The van der Waals surface area contributed by atoms with Crippen LogP contribution in [0, 0.1) is 5.82 Å². The number of pyridine rings is 1. The maximum absolute atomic E-state index is 13.4. The molecule has 39 heavy (non-hydrogen) atoms. The summed E-state index contributed by atoms with van der Waals surface area (Å²) >= 11 is 0. The van der Waals surface area contributed by atoms with Gasteiger partial charge in [0, 0.05) is 56.4 Å². The van der Waals surface area contributed by atoms with Gasteiger partial charge in [0.05, 0.1) is 17.2 Å². The van der Waals surface area contributed by atoms with Crippen molar-refractivity contribution in [3.05, 3.63) is 114 Å². The molecule has 7 nitrogen and oxygen atoms in total. The van der Waals surface area contributed by atoms with E-state index in [4.69, 9.17) is 4.98 Å². The van der Waals surface area contributed by atoms with Gasteiger partial charge in [0.15, 0.2) is 0 Å². The molecule has 0 atom stereocenters. The molecule has 0 spiro atoms. The molecule has 1 aliphatic rings. The highest BCUT2D eigenvalue weighted by atomic mass is 19.1. The Labute approximate surface area is 226 Å². The first kappa shape index (κ1) is 24.6. The first-order chi connectivity index (χ1) is 19.1. The molecule has 1 aliphatic heterocycles. The number of nitrogens with one attached hydrogen (secondary N) is 1. The predicted octanol–water partition coefficient (Wildman–Crippen LogP) is 5.41. The summed E-state index contributed by atoms with van der Waals surface area (Å²) in [5, 5.41) is 2.81. The molecule has 1 amide bonds. The molecule has 0 aliphatic carbocycles. The van der Waals surface area contributed by atoms with Crippen molar-refractivity contribution in [2.75, 3.05) is 36.4 Å². The normalized spacial score (nSPS) is 13.9. The fraction of sp³-hybridized carbons (Fsp3) is 0.161. The minimum atomic E-state index is -0.441. The second-order valence-corrected chi connectivity index (χ2v) is 9.60. The van der Waals surface area contributed by atoms with E-state index in [1.54, 1.807) is 12.3 Å². The van der Waals surface area contributed by atoms with Crippen LogP contribution in [0.4, 0.5) is 15.9 Å². The molecule has 8 heteroatoms. The topological polar surface area (TPSA) is 74.2 Å². The molecule has 194 valence electrons. The monoisotopic (exact) mass is 518 g/mol. The predicted molar refractivity (Wildman–Crippen MR) is 151 cm³/mol. The summed E-state index contributed by atoms with van der Waals surface area (Å²) in [5.41, 5.74) is 5.83. The molecule has 6 rings (SSSR count). The Morgan fingerprint density at radius 2 is 1.67 bits per heavy atom. The lowest BCUT2D eigenvalue weighted by atomic mass is 10.0. The third-order valence-corrected chi connectivity index (χ3v) is 6.92. The summed E-state index contributed by atoms with van der Waals surface area (Å²) in [5.74, 6) is 0.0911. The lowest BCUT2D eigenvalue weighted by Crippen LogP contribution is -2.46. The summed E-state index contributed by atoms with van der Waals surface area (Å²) in [6.07, 6.45) is 5.58. The molecule has 3 aromatic carbocycles. The van der Waals surface area contributed by atoms with E-state index >= 15 is 0 Å². The van der Waals surface area contributed by atoms with Gasteiger partial charge in [-0.15, -0.1) is 0 Å². The number of carbonyl (C=O) groups excluding carboxylic acids is 1. The Morgan fingerprint density at radius 1 is 0.846 bits per heavy atom. The number of benzene rings is 3. The average Bonchev–Trinajstić information content (AvgIpc) is 2.98. The summed E-state index contributed by atoms with van der Waals surface area (Å²) in [7, 11) is 0. The Hall–Kier alpha value is -4.69. The van der Waals surface area contributed by atoms with Crippen LogP contribution in [0.15, 0.2) is 97.5 Å². The number of aromatic nitrogens is 3. The third kappa shape index (κ3) is 5.76. The molecule has 1 saturated heterocycles. The molecule has 0 radical (unpaired) electrons. The van der Waals surface area contributed by atoms with E-state index in [0.717, 1.165) is 60.7 Å². The van der Waals surface area contributed by atoms with Crippen molar-refractivity contribution in [3.8, 4) is 11.1 Å². The Kier molecular flexibility index (Phi) is 6.93. The van der Waals surface area contributed by atoms with Crippen molar-refractivity contribution in [2.24, 2.45) is 0 Å². The van der Waals surface area contributed by atoms with Crippen LogP contribution < -0.4 is 10.2 Å². The highest BCUT2D eigenvalue weighted by Crippen LogP contribution is 2.26. The molecular weight excluding hydrogens is 491 g/mol. The number of hydrogen-bond acceptors (Lipinski definition) is 6. The van der Waals surface area contributed by atoms with E-state index in [9.17, 15) is 9.18 Å². The van der Waals surface area contributed by atoms with Crippen LogP contribution in [0.5, 0.6) is 0 Å². The number of hydrogen-bond donors (Lipinski definition) is 1. The molecule has 0 bridgehead atoms. The molecule has 3 heterocycles. The van der Waals surface area contributed by atoms with Crippen LogP contribution in [0.2, 0.25) is 0 Å². The number of fused-ring (bicyclic) bond motifs is 1. The summed E-state index contributed by atoms with van der Waals surface area (Å²) in [6, 6.07) is 23.3. The van der Waals surface area contributed by atoms with Crippen molar-refractivity contribution in [1.29, 1.82) is 0 Å². The van der Waals surface area contributed by atoms with Crippen molar-refractivity contribution in [3.63, 3.8) is 0 Å². The van der Waals surface area contributed by atoms with Gasteiger partial charge in [-0.1, -0.05) is 30.3 Å². The molecule has 1 N–H and O–H groups in total. The first-order valence-corrected chi connectivity index (χ1v) is 12.9. The number of nitrogens with zero attached hydrogens (tertiary/aromatic N) is 5. The standard InChI is InChI=1S/C31H27FN6O/c32-26-5-1-4-25(17-26)31(39)35-27-9-6-23(7-10-27)24-8-11-28-29(18-24)36-30(20-34-28)38-15-13-37(14-16-38)21-22-3-2-12-33-19-22/h1-12,17-20H,13-16,21H2,(H,35,39). The molecule has 2 aromatic heterocycles. The van der Waals surface area contributed by atoms with Gasteiger partial charge in [-0.3, -0.25) is 19.7 Å². The SMILES string of the molecule is O=C(Nc1ccc(-c2ccc3ncc(N4CCN(Cc5cccnc5)CC4)nc3c2)cc1)c1cccc(F)c1. The fourth-order valence-electron chi connectivity index (χ4n) is 4.80. The van der Waals surface area contributed by atoms with Gasteiger partial charge < -0.3 is 10.2 Å². The van der Waals surface area contributed by atoms with Crippen molar-refractivity contribution < 1.29 is 9.18 Å². The summed E-state index contributed by atoms with van der Waals surface area (Å²) in [6.45, 7) is 4.60. The largest absolute Gasteiger partial charge is 0.353 e. The third-order valence-electron chi connectivity index (χ3n) is 6.92. The molecule has 5 aromatic rings. The van der Waals surface area contributed by atoms with Gasteiger partial charge in [-0.05, 0) is 65.2 Å². The molecule has 1 fully saturated rings. The van der Waals surface area contributed by atoms with E-state index in [1.165, 1.54) is 23.8 Å². The second kappa shape index (κ2) is 11.0. The van der Waals surface area contributed by atoms with Crippen molar-refractivity contribution in [1.82, 2.24) is 19.9 Å². The lowest BCUT2D eigenvalue weighted by molar-refractivity contribution is 0.102.